The molecule has 2 heterocycles. The van der Waals surface area contributed by atoms with Gasteiger partial charge in [0.1, 0.15) is 12.4 Å². The lowest BCUT2D eigenvalue weighted by Crippen LogP contribution is -2.38. The number of hydrogen-bond acceptors (Lipinski definition) is 7. The van der Waals surface area contributed by atoms with Crippen LogP contribution >= 0.6 is 0 Å². The Balaban J connectivity index is 2.20. The number of H-pyrrole nitrogens is 2. The zero-order chi connectivity index (χ0) is 15.6. The number of carbonyl (C=O) groups excluding carboxylic acids is 2. The van der Waals surface area contributed by atoms with Crippen LogP contribution in [0.4, 0.5) is 0 Å². The average Bonchev–Trinajstić information content (AvgIpc) is 2.79. The lowest BCUT2D eigenvalue weighted by Gasteiger charge is -2.10. The van der Waals surface area contributed by atoms with E-state index in [1.165, 1.54) is 0 Å². The first-order valence-corrected chi connectivity index (χ1v) is 5.84. The van der Waals surface area contributed by atoms with Crippen molar-refractivity contribution in [1.29, 1.82) is 0 Å². The van der Waals surface area contributed by atoms with E-state index in [0.717, 1.165) is 11.1 Å². The zero-order valence-corrected chi connectivity index (χ0v) is 10.7. The van der Waals surface area contributed by atoms with Crippen LogP contribution in [0.1, 0.15) is 12.8 Å². The van der Waals surface area contributed by atoms with E-state index in [1.54, 1.807) is 0 Å². The Kier molecular flexibility index (Phi) is 3.84. The third-order valence-corrected chi connectivity index (χ3v) is 2.60. The van der Waals surface area contributed by atoms with E-state index in [2.05, 4.69) is 9.97 Å². The van der Waals surface area contributed by atoms with Crippen molar-refractivity contribution in [2.24, 2.45) is 11.5 Å². The molecule has 1 atom stereocenters. The van der Waals surface area contributed by atoms with Gasteiger partial charge in [0.15, 0.2) is 11.2 Å². The number of carbonyl (C=O) groups is 2. The highest BCUT2D eigenvalue weighted by atomic mass is 16.7. The zero-order valence-electron chi connectivity index (χ0n) is 10.7. The number of hydrogen-bond donors (Lipinski definition) is 4. The molecule has 0 saturated heterocycles. The molecule has 0 aliphatic heterocycles. The van der Waals surface area contributed by atoms with Gasteiger partial charge in [0.05, 0.1) is 0 Å². The number of fused-ring (bicyclic) bond motifs is 1. The maximum atomic E-state index is 11.7. The number of nitrogens with one attached hydrogen (secondary N) is 2. The fourth-order valence-electron chi connectivity index (χ4n) is 1.56. The first kappa shape index (κ1) is 14.5. The van der Waals surface area contributed by atoms with E-state index in [-0.39, 0.29) is 24.0 Å². The van der Waals surface area contributed by atoms with E-state index in [4.69, 9.17) is 16.3 Å². The summed E-state index contributed by atoms with van der Waals surface area (Å²) >= 11 is 0. The van der Waals surface area contributed by atoms with Gasteiger partial charge in [-0.1, -0.05) is 0 Å². The summed E-state index contributed by atoms with van der Waals surface area (Å²) in [4.78, 5) is 57.8. The Morgan fingerprint density at radius 2 is 2.10 bits per heavy atom. The minimum Gasteiger partial charge on any atom is -0.370 e. The molecule has 0 saturated carbocycles. The molecule has 21 heavy (non-hydrogen) atoms. The normalized spacial score (nSPS) is 12.2. The molecule has 0 radical (unpaired) electrons. The Bertz CT molecular complexity index is 802. The molecule has 2 rings (SSSR count). The second-order valence-corrected chi connectivity index (χ2v) is 4.20. The summed E-state index contributed by atoms with van der Waals surface area (Å²) < 4.78 is 0.818. The van der Waals surface area contributed by atoms with Crippen LogP contribution in [0.25, 0.3) is 11.2 Å². The first-order valence-electron chi connectivity index (χ1n) is 5.84. The van der Waals surface area contributed by atoms with Gasteiger partial charge >= 0.3 is 11.7 Å². The summed E-state index contributed by atoms with van der Waals surface area (Å²) in [6.07, 6.45) is 0.976. The SMILES string of the molecule is NC(=O)CC[C@H](N)C(=O)On1cnc2c(=O)[nH]c(=O)[nH]c21. The van der Waals surface area contributed by atoms with Crippen molar-refractivity contribution < 1.29 is 14.4 Å². The summed E-state index contributed by atoms with van der Waals surface area (Å²) in [5.74, 6) is -1.46. The number of nitrogens with two attached hydrogens (primary N) is 2. The molecule has 11 heteroatoms. The van der Waals surface area contributed by atoms with Crippen LogP contribution in [0.5, 0.6) is 0 Å². The van der Waals surface area contributed by atoms with E-state index < -0.39 is 29.2 Å². The Morgan fingerprint density at radius 3 is 2.76 bits per heavy atom. The van der Waals surface area contributed by atoms with Crippen molar-refractivity contribution in [3.63, 3.8) is 0 Å². The maximum absolute atomic E-state index is 11.7. The molecule has 2 aromatic heterocycles. The summed E-state index contributed by atoms with van der Waals surface area (Å²) in [6, 6.07) is -1.08. The number of imidazole rings is 1. The van der Waals surface area contributed by atoms with Crippen LogP contribution in [-0.4, -0.2) is 37.6 Å². The van der Waals surface area contributed by atoms with Crippen molar-refractivity contribution in [3.8, 4) is 0 Å². The Labute approximate surface area is 115 Å². The molecule has 0 aromatic carbocycles. The number of aromatic nitrogens is 4. The van der Waals surface area contributed by atoms with Crippen LogP contribution < -0.4 is 27.6 Å². The summed E-state index contributed by atoms with van der Waals surface area (Å²) in [5.41, 5.74) is 8.79. The topological polar surface area (TPSA) is 179 Å². The molecular formula is C10H12N6O5. The minimum absolute atomic E-state index is 0.0118. The van der Waals surface area contributed by atoms with Gasteiger partial charge in [-0.15, -0.1) is 4.73 Å². The second-order valence-electron chi connectivity index (χ2n) is 4.20. The highest BCUT2D eigenvalue weighted by molar-refractivity contribution is 5.79. The van der Waals surface area contributed by atoms with Crippen LogP contribution in [-0.2, 0) is 9.59 Å². The van der Waals surface area contributed by atoms with E-state index in [1.807, 2.05) is 4.98 Å². The Morgan fingerprint density at radius 1 is 1.38 bits per heavy atom. The van der Waals surface area contributed by atoms with Gasteiger partial charge in [-0.2, -0.15) is 0 Å². The molecule has 0 aliphatic carbocycles. The van der Waals surface area contributed by atoms with Gasteiger partial charge in [0.2, 0.25) is 5.91 Å². The molecule has 0 spiro atoms. The number of aromatic amines is 2. The fourth-order valence-corrected chi connectivity index (χ4v) is 1.56. The summed E-state index contributed by atoms with van der Waals surface area (Å²) in [6.45, 7) is 0. The van der Waals surface area contributed by atoms with Crippen LogP contribution in [0, 0.1) is 0 Å². The molecule has 11 nitrogen and oxygen atoms in total. The average molecular weight is 296 g/mol. The predicted molar refractivity (Wildman–Crippen MR) is 69.0 cm³/mol. The molecule has 2 aromatic rings. The molecule has 0 unspecified atom stereocenters. The van der Waals surface area contributed by atoms with Crippen molar-refractivity contribution in [2.45, 2.75) is 18.9 Å². The number of amides is 1. The fraction of sp³-hybridized carbons (Fsp3) is 0.300. The van der Waals surface area contributed by atoms with E-state index >= 15 is 0 Å². The van der Waals surface area contributed by atoms with Crippen LogP contribution in [0.3, 0.4) is 0 Å². The van der Waals surface area contributed by atoms with Crippen LogP contribution in [0.15, 0.2) is 15.9 Å². The van der Waals surface area contributed by atoms with E-state index in [0.29, 0.717) is 0 Å². The molecule has 112 valence electrons. The third-order valence-electron chi connectivity index (χ3n) is 2.60. The van der Waals surface area contributed by atoms with Crippen molar-refractivity contribution in [2.75, 3.05) is 0 Å². The quantitative estimate of drug-likeness (QED) is 0.452. The van der Waals surface area contributed by atoms with Gasteiger partial charge in [0.25, 0.3) is 5.56 Å². The van der Waals surface area contributed by atoms with Gasteiger partial charge in [-0.05, 0) is 6.42 Å². The van der Waals surface area contributed by atoms with Crippen molar-refractivity contribution >= 4 is 23.0 Å². The van der Waals surface area contributed by atoms with Gasteiger partial charge in [-0.25, -0.2) is 14.6 Å². The molecular weight excluding hydrogens is 284 g/mol. The second kappa shape index (κ2) is 5.58. The largest absolute Gasteiger partial charge is 0.370 e. The molecule has 0 bridgehead atoms. The number of primary amides is 1. The van der Waals surface area contributed by atoms with Crippen molar-refractivity contribution in [3.05, 3.63) is 27.2 Å². The highest BCUT2D eigenvalue weighted by Gasteiger charge is 2.19. The third kappa shape index (κ3) is 3.14. The number of rotatable bonds is 5. The van der Waals surface area contributed by atoms with Gasteiger partial charge in [-0.3, -0.25) is 19.6 Å². The van der Waals surface area contributed by atoms with Crippen molar-refractivity contribution in [1.82, 2.24) is 19.7 Å². The molecule has 0 aliphatic rings. The smallest absolute Gasteiger partial charge is 0.349 e. The van der Waals surface area contributed by atoms with Gasteiger partial charge in [0, 0.05) is 6.42 Å². The Hall–Kier alpha value is -2.95. The van der Waals surface area contributed by atoms with E-state index in [9.17, 15) is 19.2 Å². The van der Waals surface area contributed by atoms with Crippen LogP contribution in [0.2, 0.25) is 0 Å². The molecule has 0 fully saturated rings. The lowest BCUT2D eigenvalue weighted by molar-refractivity contribution is -0.145. The lowest BCUT2D eigenvalue weighted by atomic mass is 10.2. The highest BCUT2D eigenvalue weighted by Crippen LogP contribution is 2.02. The predicted octanol–water partition coefficient (Wildman–Crippen LogP) is -3.04. The summed E-state index contributed by atoms with van der Waals surface area (Å²) in [5, 5.41) is 0. The molecule has 6 N–H and O–H groups in total. The standard InChI is InChI=1S/C10H12N6O5/c11-4(1-2-5(12)17)9(19)21-16-3-13-6-7(16)14-10(20)15-8(6)18/h3-4H,1-2,11H2,(H2,12,17)(H2,14,15,18,20)/t4-/m0/s1. The van der Waals surface area contributed by atoms with Gasteiger partial charge < -0.3 is 16.3 Å². The summed E-state index contributed by atoms with van der Waals surface area (Å²) in [7, 11) is 0. The monoisotopic (exact) mass is 296 g/mol. The maximum Gasteiger partial charge on any atom is 0.349 e. The first-order chi connectivity index (χ1) is 9.88. The minimum atomic E-state index is -1.08. The molecule has 1 amide bonds. The number of nitrogens with zero attached hydrogens (tertiary/aromatic N) is 2.